The van der Waals surface area contributed by atoms with Gasteiger partial charge in [-0.15, -0.1) is 0 Å². The summed E-state index contributed by atoms with van der Waals surface area (Å²) in [5, 5.41) is 8.20. The van der Waals surface area contributed by atoms with Gasteiger partial charge in [0.15, 0.2) is 0 Å². The minimum atomic E-state index is -1.65. The maximum absolute atomic E-state index is 13.8. The van der Waals surface area contributed by atoms with E-state index in [0.717, 1.165) is 66.5 Å². The van der Waals surface area contributed by atoms with Crippen molar-refractivity contribution in [1.82, 2.24) is 20.0 Å². The van der Waals surface area contributed by atoms with E-state index in [2.05, 4.69) is 78.1 Å². The van der Waals surface area contributed by atoms with Crippen LogP contribution in [0, 0.1) is 5.82 Å². The summed E-state index contributed by atoms with van der Waals surface area (Å²) in [7, 11) is -1.65. The average molecular weight is 747 g/mol. The molecule has 3 N–H and O–H groups in total. The number of hydrogen-bond donors (Lipinski definition) is 3. The first-order valence-electron chi connectivity index (χ1n) is 18.4. The molecule has 0 spiro atoms. The molecule has 3 unspecified atom stereocenters. The number of unbranched alkanes of at least 4 members (excludes halogenated alkanes) is 1. The Morgan fingerprint density at radius 1 is 0.925 bits per heavy atom. The van der Waals surface area contributed by atoms with E-state index in [1.165, 1.54) is 0 Å². The molecule has 10 nitrogen and oxygen atoms in total. The molecule has 0 bridgehead atoms. The van der Waals surface area contributed by atoms with E-state index >= 15 is 0 Å². The summed E-state index contributed by atoms with van der Waals surface area (Å²) in [4.78, 5) is 38.1. The highest BCUT2D eigenvalue weighted by molar-refractivity contribution is 7.45. The van der Waals surface area contributed by atoms with Crippen LogP contribution in [0.4, 0.5) is 4.39 Å². The van der Waals surface area contributed by atoms with Crippen molar-refractivity contribution in [2.75, 3.05) is 19.7 Å². The molecule has 0 radical (unpaired) electrons. The fraction of sp³-hybridized carbons (Fsp3) is 0.390. The van der Waals surface area contributed by atoms with Gasteiger partial charge in [-0.05, 0) is 69.2 Å². The molecule has 2 aromatic carbocycles. The van der Waals surface area contributed by atoms with Crippen molar-refractivity contribution in [2.24, 2.45) is 0 Å². The molecule has 0 saturated carbocycles. The molecular weight excluding hydrogens is 694 g/mol. The third kappa shape index (κ3) is 15.2. The summed E-state index contributed by atoms with van der Waals surface area (Å²) < 4.78 is 33.3. The van der Waals surface area contributed by atoms with Crippen molar-refractivity contribution in [2.45, 2.75) is 83.5 Å². The molecule has 1 amide bonds. The van der Waals surface area contributed by atoms with Crippen molar-refractivity contribution in [3.8, 4) is 5.75 Å². The number of nitrogens with zero attached hydrogens (tertiary/aromatic N) is 1. The number of allylic oxidation sites excluding steroid dienone is 10. The van der Waals surface area contributed by atoms with E-state index in [1.54, 1.807) is 0 Å². The number of nitrogens with one attached hydrogen (secondary N) is 3. The smallest absolute Gasteiger partial charge is 0.330 e. The molecule has 1 fully saturated rings. The second kappa shape index (κ2) is 24.0. The van der Waals surface area contributed by atoms with E-state index in [4.69, 9.17) is 13.8 Å². The third-order valence-corrected chi connectivity index (χ3v) is 9.48. The third-order valence-electron chi connectivity index (χ3n) is 8.25. The van der Waals surface area contributed by atoms with Gasteiger partial charge >= 0.3 is 14.2 Å². The van der Waals surface area contributed by atoms with E-state index in [9.17, 15) is 18.8 Å². The summed E-state index contributed by atoms with van der Waals surface area (Å²) in [6.07, 6.45) is 29.4. The van der Waals surface area contributed by atoms with Gasteiger partial charge in [0.25, 0.3) is 5.56 Å². The minimum Gasteiger partial charge on any atom is -0.435 e. The fourth-order valence-corrected chi connectivity index (χ4v) is 6.64. The highest BCUT2D eigenvalue weighted by Crippen LogP contribution is 2.40. The Balaban J connectivity index is 1.15. The molecule has 4 rings (SSSR count). The van der Waals surface area contributed by atoms with Crippen LogP contribution in [-0.2, 0) is 14.1 Å². The Kier molecular flexibility index (Phi) is 18.7. The minimum absolute atomic E-state index is 0.0151. The first kappa shape index (κ1) is 41.3. The van der Waals surface area contributed by atoms with E-state index in [1.807, 2.05) is 47.4 Å². The Morgan fingerprint density at radius 3 is 2.34 bits per heavy atom. The van der Waals surface area contributed by atoms with Gasteiger partial charge in [0.1, 0.15) is 12.0 Å². The summed E-state index contributed by atoms with van der Waals surface area (Å²) in [5.41, 5.74) is -1.80. The fourth-order valence-electron chi connectivity index (χ4n) is 5.49. The lowest BCUT2D eigenvalue weighted by atomic mass is 10.1. The van der Waals surface area contributed by atoms with Crippen LogP contribution in [0.3, 0.4) is 0 Å². The summed E-state index contributed by atoms with van der Waals surface area (Å²) in [6, 6.07) is 13.7. The molecule has 0 aliphatic carbocycles. The SMILES string of the molecule is CC/C=C\C/C=C\C/C=C\C/C=C\C/C=C\CCCC(=O)NCCNP(OCC1CCC(n2cc(F)c(=O)[nH]c2=O)O1)Oc1cccc2ccccc12. The number of carbonyl (C=O) groups excluding carboxylic acids is 1. The molecule has 3 aromatic rings. The molecule has 1 aliphatic rings. The highest BCUT2D eigenvalue weighted by atomic mass is 31.2. The van der Waals surface area contributed by atoms with Gasteiger partial charge in [-0.2, -0.15) is 4.39 Å². The zero-order chi connectivity index (χ0) is 37.5. The second-order valence-electron chi connectivity index (χ2n) is 12.4. The van der Waals surface area contributed by atoms with Crippen molar-refractivity contribution >= 4 is 25.2 Å². The van der Waals surface area contributed by atoms with Crippen LogP contribution in [0.15, 0.2) is 119 Å². The van der Waals surface area contributed by atoms with E-state index < -0.39 is 31.8 Å². The van der Waals surface area contributed by atoms with Crippen LogP contribution in [-0.4, -0.2) is 41.3 Å². The van der Waals surface area contributed by atoms with Crippen LogP contribution in [0.2, 0.25) is 0 Å². The van der Waals surface area contributed by atoms with Gasteiger partial charge in [-0.25, -0.2) is 9.88 Å². The predicted molar refractivity (Wildman–Crippen MR) is 211 cm³/mol. The summed E-state index contributed by atoms with van der Waals surface area (Å²) in [6.45, 7) is 3.10. The number of aromatic nitrogens is 2. The number of aromatic amines is 1. The molecule has 53 heavy (non-hydrogen) atoms. The number of H-pyrrole nitrogens is 1. The van der Waals surface area contributed by atoms with Crippen LogP contribution in [0.5, 0.6) is 5.75 Å². The van der Waals surface area contributed by atoms with Gasteiger partial charge in [0.05, 0.1) is 18.9 Å². The van der Waals surface area contributed by atoms with E-state index in [0.29, 0.717) is 38.1 Å². The van der Waals surface area contributed by atoms with Gasteiger partial charge in [0, 0.05) is 24.9 Å². The van der Waals surface area contributed by atoms with Gasteiger partial charge in [-0.1, -0.05) is 104 Å². The number of ether oxygens (including phenoxy) is 1. The number of amides is 1. The zero-order valence-electron chi connectivity index (χ0n) is 30.5. The zero-order valence-corrected chi connectivity index (χ0v) is 31.4. The average Bonchev–Trinajstić information content (AvgIpc) is 3.64. The largest absolute Gasteiger partial charge is 0.435 e. The maximum Gasteiger partial charge on any atom is 0.330 e. The molecular formula is C41H52FN4O6P. The van der Waals surface area contributed by atoms with Crippen LogP contribution in [0.25, 0.3) is 10.8 Å². The molecule has 1 aliphatic heterocycles. The van der Waals surface area contributed by atoms with Gasteiger partial charge < -0.3 is 19.1 Å². The first-order valence-corrected chi connectivity index (χ1v) is 19.6. The van der Waals surface area contributed by atoms with Crippen LogP contribution < -0.4 is 26.2 Å². The number of carbonyl (C=O) groups is 1. The maximum atomic E-state index is 13.8. The Bertz CT molecular complexity index is 1830. The standard InChI is InChI=1S/C41H52FN4O6P/c1-2-3-4-5-6-7-8-9-10-11-12-13-14-15-16-17-18-26-38(47)43-29-30-44-53(52-37-25-21-23-33-22-19-20-24-35(33)37)50-32-34-27-28-39(51-34)46-31-36(42)40(48)45-41(46)49/h3-4,6-7,9-10,12-13,15-16,19-25,31,34,39,44H,2,5,8,11,14,17-18,26-30,32H2,1H3,(H,43,47)(H,45,48,49)/b4-3-,7-6-,10-9-,13-12-,16-15-. The Hall–Kier alpha value is -4.41. The lowest BCUT2D eigenvalue weighted by Crippen LogP contribution is -2.34. The first-order chi connectivity index (χ1) is 25.9. The summed E-state index contributed by atoms with van der Waals surface area (Å²) in [5.74, 6) is -0.415. The van der Waals surface area contributed by atoms with Crippen molar-refractivity contribution in [1.29, 1.82) is 0 Å². The Labute approximate surface area is 312 Å². The summed E-state index contributed by atoms with van der Waals surface area (Å²) >= 11 is 0. The molecule has 2 heterocycles. The molecule has 12 heteroatoms. The van der Waals surface area contributed by atoms with Crippen molar-refractivity contribution < 1.29 is 23.0 Å². The predicted octanol–water partition coefficient (Wildman–Crippen LogP) is 8.46. The number of rotatable bonds is 23. The topological polar surface area (TPSA) is 124 Å². The monoisotopic (exact) mass is 746 g/mol. The number of benzene rings is 2. The molecule has 3 atom stereocenters. The van der Waals surface area contributed by atoms with Crippen molar-refractivity contribution in [3.05, 3.63) is 136 Å². The van der Waals surface area contributed by atoms with E-state index in [-0.39, 0.29) is 18.6 Å². The molecule has 284 valence electrons. The normalized spacial score (nSPS) is 17.0. The molecule has 1 saturated heterocycles. The molecule has 1 aromatic heterocycles. The number of fused-ring (bicyclic) bond motifs is 1. The van der Waals surface area contributed by atoms with Crippen LogP contribution in [0.1, 0.15) is 77.4 Å². The van der Waals surface area contributed by atoms with Gasteiger partial charge in [-0.3, -0.25) is 19.1 Å². The second-order valence-corrected chi connectivity index (χ2v) is 13.7. The number of halogens is 1. The quantitative estimate of drug-likeness (QED) is 0.0506. The lowest BCUT2D eigenvalue weighted by Gasteiger charge is -2.22. The highest BCUT2D eigenvalue weighted by Gasteiger charge is 2.29. The van der Waals surface area contributed by atoms with Gasteiger partial charge in [0.2, 0.25) is 11.7 Å². The van der Waals surface area contributed by atoms with Crippen molar-refractivity contribution in [3.63, 3.8) is 0 Å². The number of hydrogen-bond acceptors (Lipinski definition) is 7. The Morgan fingerprint density at radius 2 is 1.60 bits per heavy atom. The van der Waals surface area contributed by atoms with Crippen LogP contribution >= 0.6 is 8.53 Å². The lowest BCUT2D eigenvalue weighted by molar-refractivity contribution is -0.121.